The minimum absolute atomic E-state index is 0.0646. The number of pyridine rings is 1. The van der Waals surface area contributed by atoms with Crippen molar-refractivity contribution in [2.24, 2.45) is 28.1 Å². The van der Waals surface area contributed by atoms with Crippen LogP contribution >= 0.6 is 0 Å². The minimum Gasteiger partial charge on any atom is -0.493 e. The number of hydrogen-bond acceptors (Lipinski definition) is 4. The van der Waals surface area contributed by atoms with Gasteiger partial charge in [-0.25, -0.2) is 0 Å². The second kappa shape index (κ2) is 7.12. The highest BCUT2D eigenvalue weighted by atomic mass is 16.5. The summed E-state index contributed by atoms with van der Waals surface area (Å²) in [6.07, 6.45) is 8.13. The SMILES string of the molecule is CC1(C)CCC2[C@](C)(CO)[C@H](O)CC[C@@]2(C)[C@@H]1CCOc1ccncc1. The molecule has 2 saturated carbocycles. The summed E-state index contributed by atoms with van der Waals surface area (Å²) in [5.41, 5.74) is -0.0285. The molecule has 4 nitrogen and oxygen atoms in total. The normalized spacial score (nSPS) is 39.2. The topological polar surface area (TPSA) is 62.6 Å². The summed E-state index contributed by atoms with van der Waals surface area (Å²) in [6.45, 7) is 10.0. The van der Waals surface area contributed by atoms with Gasteiger partial charge in [0.2, 0.25) is 0 Å². The fraction of sp³-hybridized carbons (Fsp3) is 0.773. The van der Waals surface area contributed by atoms with Crippen LogP contribution in [-0.2, 0) is 0 Å². The Labute approximate surface area is 158 Å². The average molecular weight is 362 g/mol. The van der Waals surface area contributed by atoms with Crippen molar-refractivity contribution in [3.63, 3.8) is 0 Å². The first kappa shape index (κ1) is 19.6. The maximum atomic E-state index is 10.6. The van der Waals surface area contributed by atoms with E-state index in [4.69, 9.17) is 4.74 Å². The molecule has 5 atom stereocenters. The Morgan fingerprint density at radius 2 is 1.81 bits per heavy atom. The summed E-state index contributed by atoms with van der Waals surface area (Å²) in [4.78, 5) is 4.04. The number of hydrogen-bond donors (Lipinski definition) is 2. The van der Waals surface area contributed by atoms with Crippen molar-refractivity contribution in [1.29, 1.82) is 0 Å². The molecule has 0 radical (unpaired) electrons. The number of aliphatic hydroxyl groups is 2. The maximum Gasteiger partial charge on any atom is 0.122 e. The van der Waals surface area contributed by atoms with E-state index in [0.29, 0.717) is 18.4 Å². The van der Waals surface area contributed by atoms with Gasteiger partial charge in [0.1, 0.15) is 5.75 Å². The van der Waals surface area contributed by atoms with E-state index in [9.17, 15) is 10.2 Å². The Hall–Kier alpha value is -1.13. The third-order valence-electron chi connectivity index (χ3n) is 7.79. The van der Waals surface area contributed by atoms with Crippen LogP contribution in [0.5, 0.6) is 5.75 Å². The highest BCUT2D eigenvalue weighted by Crippen LogP contribution is 2.64. The van der Waals surface area contributed by atoms with Gasteiger partial charge in [-0.1, -0.05) is 27.7 Å². The minimum atomic E-state index is -0.402. The zero-order chi connectivity index (χ0) is 19.0. The molecule has 0 saturated heterocycles. The predicted octanol–water partition coefficient (Wildman–Crippen LogP) is 4.06. The molecule has 1 unspecified atom stereocenters. The number of rotatable bonds is 5. The quantitative estimate of drug-likeness (QED) is 0.830. The van der Waals surface area contributed by atoms with Crippen LogP contribution in [0.3, 0.4) is 0 Å². The number of nitrogens with zero attached hydrogens (tertiary/aromatic N) is 1. The Kier molecular flexibility index (Phi) is 5.38. The number of ether oxygens (including phenoxy) is 1. The van der Waals surface area contributed by atoms with Gasteiger partial charge in [0, 0.05) is 17.8 Å². The van der Waals surface area contributed by atoms with E-state index in [1.807, 2.05) is 12.1 Å². The molecule has 0 aliphatic heterocycles. The number of aromatic nitrogens is 1. The zero-order valence-electron chi connectivity index (χ0n) is 16.7. The molecule has 0 bridgehead atoms. The first-order valence-electron chi connectivity index (χ1n) is 10.1. The fourth-order valence-electron chi connectivity index (χ4n) is 6.26. The molecule has 4 heteroatoms. The van der Waals surface area contributed by atoms with Crippen LogP contribution in [0, 0.1) is 28.1 Å². The van der Waals surface area contributed by atoms with Crippen LogP contribution in [0.2, 0.25) is 0 Å². The van der Waals surface area contributed by atoms with Gasteiger partial charge >= 0.3 is 0 Å². The number of aliphatic hydroxyl groups excluding tert-OH is 2. The van der Waals surface area contributed by atoms with Crippen molar-refractivity contribution in [3.05, 3.63) is 24.5 Å². The van der Waals surface area contributed by atoms with E-state index < -0.39 is 11.5 Å². The molecule has 0 aromatic carbocycles. The van der Waals surface area contributed by atoms with Gasteiger partial charge in [-0.05, 0) is 66.9 Å². The van der Waals surface area contributed by atoms with Gasteiger partial charge in [-0.3, -0.25) is 4.98 Å². The lowest BCUT2D eigenvalue weighted by atomic mass is 9.42. The smallest absolute Gasteiger partial charge is 0.122 e. The third-order valence-corrected chi connectivity index (χ3v) is 7.79. The summed E-state index contributed by atoms with van der Waals surface area (Å²) in [6, 6.07) is 3.80. The van der Waals surface area contributed by atoms with E-state index in [0.717, 1.165) is 37.9 Å². The van der Waals surface area contributed by atoms with Gasteiger partial charge in [0.05, 0.1) is 19.3 Å². The summed E-state index contributed by atoms with van der Waals surface area (Å²) in [5, 5.41) is 20.8. The van der Waals surface area contributed by atoms with Crippen molar-refractivity contribution in [1.82, 2.24) is 4.98 Å². The molecule has 0 amide bonds. The second-order valence-corrected chi connectivity index (χ2v) is 9.68. The lowest BCUT2D eigenvalue weighted by Gasteiger charge is -2.63. The Bertz CT molecular complexity index is 605. The molecule has 0 spiro atoms. The van der Waals surface area contributed by atoms with E-state index >= 15 is 0 Å². The summed E-state index contributed by atoms with van der Waals surface area (Å²) in [5.74, 6) is 1.73. The zero-order valence-corrected chi connectivity index (χ0v) is 16.7. The van der Waals surface area contributed by atoms with Gasteiger partial charge in [0.25, 0.3) is 0 Å². The van der Waals surface area contributed by atoms with E-state index in [1.165, 1.54) is 0 Å². The van der Waals surface area contributed by atoms with Crippen LogP contribution in [0.25, 0.3) is 0 Å². The van der Waals surface area contributed by atoms with Gasteiger partial charge in [-0.15, -0.1) is 0 Å². The molecule has 26 heavy (non-hydrogen) atoms. The van der Waals surface area contributed by atoms with Crippen LogP contribution in [0.1, 0.15) is 59.8 Å². The lowest BCUT2D eigenvalue weighted by Crippen LogP contribution is -2.60. The molecule has 1 heterocycles. The van der Waals surface area contributed by atoms with Gasteiger partial charge in [-0.2, -0.15) is 0 Å². The molecular weight excluding hydrogens is 326 g/mol. The van der Waals surface area contributed by atoms with Gasteiger partial charge in [0.15, 0.2) is 0 Å². The van der Waals surface area contributed by atoms with Crippen molar-refractivity contribution in [2.45, 2.75) is 65.9 Å². The van der Waals surface area contributed by atoms with Crippen molar-refractivity contribution < 1.29 is 14.9 Å². The van der Waals surface area contributed by atoms with Crippen LogP contribution < -0.4 is 4.74 Å². The molecule has 146 valence electrons. The molecule has 2 aliphatic carbocycles. The van der Waals surface area contributed by atoms with Crippen LogP contribution in [0.15, 0.2) is 24.5 Å². The first-order valence-corrected chi connectivity index (χ1v) is 10.1. The predicted molar refractivity (Wildman–Crippen MR) is 103 cm³/mol. The average Bonchev–Trinajstić information content (AvgIpc) is 2.62. The highest BCUT2D eigenvalue weighted by Gasteiger charge is 2.60. The van der Waals surface area contributed by atoms with Gasteiger partial charge < -0.3 is 14.9 Å². The Balaban J connectivity index is 1.79. The monoisotopic (exact) mass is 361 g/mol. The van der Waals surface area contributed by atoms with E-state index in [1.54, 1.807) is 12.4 Å². The Morgan fingerprint density at radius 1 is 1.12 bits per heavy atom. The standard InChI is InChI=1S/C22H35NO3/c1-20(2)10-5-18-21(3,11-6-19(25)22(18,4)15-24)17(20)9-14-26-16-7-12-23-13-8-16/h7-8,12-13,17-19,24-25H,5-6,9-11,14-15H2,1-4H3/t17-,18?,19-,21+,22+/m1/s1. The van der Waals surface area contributed by atoms with Crippen molar-refractivity contribution in [3.8, 4) is 5.75 Å². The molecule has 1 aromatic rings. The lowest BCUT2D eigenvalue weighted by molar-refractivity contribution is -0.188. The van der Waals surface area contributed by atoms with Crippen LogP contribution in [-0.4, -0.2) is 34.5 Å². The molecule has 2 N–H and O–H groups in total. The van der Waals surface area contributed by atoms with E-state index in [2.05, 4.69) is 32.7 Å². The molecule has 2 fully saturated rings. The van der Waals surface area contributed by atoms with E-state index in [-0.39, 0.29) is 17.4 Å². The largest absolute Gasteiger partial charge is 0.493 e. The molecular formula is C22H35NO3. The maximum absolute atomic E-state index is 10.6. The summed E-state index contributed by atoms with van der Waals surface area (Å²) < 4.78 is 5.99. The summed E-state index contributed by atoms with van der Waals surface area (Å²) >= 11 is 0. The number of fused-ring (bicyclic) bond motifs is 1. The molecule has 1 aromatic heterocycles. The molecule has 3 rings (SSSR count). The van der Waals surface area contributed by atoms with Crippen molar-refractivity contribution in [2.75, 3.05) is 13.2 Å². The second-order valence-electron chi connectivity index (χ2n) is 9.68. The van der Waals surface area contributed by atoms with Crippen LogP contribution in [0.4, 0.5) is 0 Å². The third kappa shape index (κ3) is 3.27. The Morgan fingerprint density at radius 3 is 2.46 bits per heavy atom. The fourth-order valence-corrected chi connectivity index (χ4v) is 6.26. The van der Waals surface area contributed by atoms with Crippen molar-refractivity contribution >= 4 is 0 Å². The molecule has 2 aliphatic rings. The first-order chi connectivity index (χ1) is 12.2. The highest BCUT2D eigenvalue weighted by molar-refractivity contribution is 5.16. The summed E-state index contributed by atoms with van der Waals surface area (Å²) in [7, 11) is 0.